The zero-order valence-corrected chi connectivity index (χ0v) is 14.8. The summed E-state index contributed by atoms with van der Waals surface area (Å²) >= 11 is 0. The second-order valence-electron chi connectivity index (χ2n) is 6.70. The Hall–Kier alpha value is -2.95. The Bertz CT molecular complexity index is 904. The second-order valence-corrected chi connectivity index (χ2v) is 6.70. The van der Waals surface area contributed by atoms with E-state index in [2.05, 4.69) is 17.1 Å². The minimum Gasteiger partial charge on any atom is -0.416 e. The molecule has 0 spiro atoms. The predicted octanol–water partition coefficient (Wildman–Crippen LogP) is 4.42. The Morgan fingerprint density at radius 1 is 1.00 bits per heavy atom. The standard InChI is InChI=1S/C21H21N3O2/c1-15-8-5-6-13-24(15)21(25)18-12-7-11-17(14-18)20-23-22-19(26-20)16-9-3-2-4-10-16/h2-4,7,9-12,14-15H,5-6,8,13H2,1H3. The molecule has 1 aliphatic heterocycles. The van der Waals surface area contributed by atoms with Crippen LogP contribution in [0.2, 0.25) is 0 Å². The monoisotopic (exact) mass is 347 g/mol. The van der Waals surface area contributed by atoms with Crippen LogP contribution in [0.15, 0.2) is 59.0 Å². The third-order valence-electron chi connectivity index (χ3n) is 4.87. The number of nitrogens with zero attached hydrogens (tertiary/aromatic N) is 3. The average molecular weight is 347 g/mol. The van der Waals surface area contributed by atoms with Crippen molar-refractivity contribution in [2.24, 2.45) is 0 Å². The van der Waals surface area contributed by atoms with Crippen LogP contribution in [-0.4, -0.2) is 33.6 Å². The number of likely N-dealkylation sites (tertiary alicyclic amines) is 1. The summed E-state index contributed by atoms with van der Waals surface area (Å²) in [4.78, 5) is 14.8. The molecule has 1 fully saturated rings. The Balaban J connectivity index is 1.60. The van der Waals surface area contributed by atoms with Gasteiger partial charge in [0.2, 0.25) is 11.8 Å². The molecule has 0 N–H and O–H groups in total. The maximum atomic E-state index is 12.9. The zero-order valence-electron chi connectivity index (χ0n) is 14.8. The van der Waals surface area contributed by atoms with Gasteiger partial charge in [-0.05, 0) is 56.5 Å². The van der Waals surface area contributed by atoms with Gasteiger partial charge < -0.3 is 9.32 Å². The van der Waals surface area contributed by atoms with Crippen molar-refractivity contribution in [2.45, 2.75) is 32.2 Å². The van der Waals surface area contributed by atoms with Gasteiger partial charge in [-0.1, -0.05) is 24.3 Å². The van der Waals surface area contributed by atoms with E-state index in [1.807, 2.05) is 59.5 Å². The van der Waals surface area contributed by atoms with Gasteiger partial charge in [0, 0.05) is 29.3 Å². The number of hydrogen-bond donors (Lipinski definition) is 0. The number of benzene rings is 2. The highest BCUT2D eigenvalue weighted by atomic mass is 16.4. The van der Waals surface area contributed by atoms with E-state index in [-0.39, 0.29) is 11.9 Å². The quantitative estimate of drug-likeness (QED) is 0.704. The molecule has 0 bridgehead atoms. The van der Waals surface area contributed by atoms with Crippen LogP contribution in [0.5, 0.6) is 0 Å². The molecule has 1 saturated heterocycles. The van der Waals surface area contributed by atoms with Gasteiger partial charge in [-0.15, -0.1) is 10.2 Å². The fraction of sp³-hybridized carbons (Fsp3) is 0.286. The van der Waals surface area contributed by atoms with Gasteiger partial charge in [-0.25, -0.2) is 0 Å². The van der Waals surface area contributed by atoms with Crippen molar-refractivity contribution >= 4 is 5.91 Å². The molecule has 4 rings (SSSR count). The molecule has 3 aromatic rings. The third-order valence-corrected chi connectivity index (χ3v) is 4.87. The molecule has 1 amide bonds. The first-order chi connectivity index (χ1) is 12.7. The van der Waals surface area contributed by atoms with Gasteiger partial charge in [0.1, 0.15) is 0 Å². The fourth-order valence-corrected chi connectivity index (χ4v) is 3.39. The molecular formula is C21H21N3O2. The summed E-state index contributed by atoms with van der Waals surface area (Å²) < 4.78 is 5.81. The van der Waals surface area contributed by atoms with Gasteiger partial charge >= 0.3 is 0 Å². The lowest BCUT2D eigenvalue weighted by Gasteiger charge is -2.33. The van der Waals surface area contributed by atoms with Crippen molar-refractivity contribution in [2.75, 3.05) is 6.54 Å². The number of aromatic nitrogens is 2. The van der Waals surface area contributed by atoms with Gasteiger partial charge in [0.15, 0.2) is 0 Å². The summed E-state index contributed by atoms with van der Waals surface area (Å²) in [7, 11) is 0. The molecule has 0 saturated carbocycles. The number of carbonyl (C=O) groups is 1. The minimum atomic E-state index is 0.0712. The molecular weight excluding hydrogens is 326 g/mol. The van der Waals surface area contributed by atoms with Crippen LogP contribution in [0.3, 0.4) is 0 Å². The number of piperidine rings is 1. The molecule has 5 heteroatoms. The summed E-state index contributed by atoms with van der Waals surface area (Å²) in [6, 6.07) is 17.4. The summed E-state index contributed by atoms with van der Waals surface area (Å²) in [6.07, 6.45) is 3.32. The van der Waals surface area contributed by atoms with E-state index in [0.717, 1.165) is 30.5 Å². The summed E-state index contributed by atoms with van der Waals surface area (Å²) in [5, 5.41) is 8.28. The first kappa shape index (κ1) is 16.5. The predicted molar refractivity (Wildman–Crippen MR) is 99.5 cm³/mol. The molecule has 0 radical (unpaired) electrons. The minimum absolute atomic E-state index is 0.0712. The Morgan fingerprint density at radius 2 is 1.73 bits per heavy atom. The van der Waals surface area contributed by atoms with Gasteiger partial charge in [0.05, 0.1) is 0 Å². The number of rotatable bonds is 3. The molecule has 26 heavy (non-hydrogen) atoms. The highest BCUT2D eigenvalue weighted by Crippen LogP contribution is 2.25. The lowest BCUT2D eigenvalue weighted by molar-refractivity contribution is 0.0635. The van der Waals surface area contributed by atoms with E-state index in [4.69, 9.17) is 4.42 Å². The summed E-state index contributed by atoms with van der Waals surface area (Å²) in [6.45, 7) is 2.94. The van der Waals surface area contributed by atoms with Crippen molar-refractivity contribution in [1.82, 2.24) is 15.1 Å². The maximum Gasteiger partial charge on any atom is 0.254 e. The number of carbonyl (C=O) groups excluding carboxylic acids is 1. The molecule has 1 aliphatic rings. The zero-order chi connectivity index (χ0) is 17.9. The Kier molecular flexibility index (Phi) is 4.52. The Morgan fingerprint density at radius 3 is 2.50 bits per heavy atom. The first-order valence-electron chi connectivity index (χ1n) is 9.03. The van der Waals surface area contributed by atoms with Crippen molar-refractivity contribution in [3.63, 3.8) is 0 Å². The van der Waals surface area contributed by atoms with Crippen molar-refractivity contribution in [3.8, 4) is 22.9 Å². The van der Waals surface area contributed by atoms with E-state index in [1.165, 1.54) is 6.42 Å². The smallest absolute Gasteiger partial charge is 0.254 e. The van der Waals surface area contributed by atoms with Crippen molar-refractivity contribution in [1.29, 1.82) is 0 Å². The molecule has 2 heterocycles. The first-order valence-corrected chi connectivity index (χ1v) is 9.03. The van der Waals surface area contributed by atoms with Crippen LogP contribution in [-0.2, 0) is 0 Å². The lowest BCUT2D eigenvalue weighted by atomic mass is 10.0. The van der Waals surface area contributed by atoms with E-state index < -0.39 is 0 Å². The van der Waals surface area contributed by atoms with Crippen LogP contribution in [0.4, 0.5) is 0 Å². The van der Waals surface area contributed by atoms with Crippen LogP contribution in [0.1, 0.15) is 36.5 Å². The van der Waals surface area contributed by atoms with E-state index in [1.54, 1.807) is 0 Å². The largest absolute Gasteiger partial charge is 0.416 e. The molecule has 0 aliphatic carbocycles. The van der Waals surface area contributed by atoms with E-state index in [9.17, 15) is 4.79 Å². The molecule has 5 nitrogen and oxygen atoms in total. The maximum absolute atomic E-state index is 12.9. The van der Waals surface area contributed by atoms with Crippen molar-refractivity contribution in [3.05, 3.63) is 60.2 Å². The topological polar surface area (TPSA) is 59.2 Å². The van der Waals surface area contributed by atoms with Gasteiger partial charge in [0.25, 0.3) is 5.91 Å². The third kappa shape index (κ3) is 3.25. The van der Waals surface area contributed by atoms with Crippen LogP contribution < -0.4 is 0 Å². The fourth-order valence-electron chi connectivity index (χ4n) is 3.39. The van der Waals surface area contributed by atoms with E-state index in [0.29, 0.717) is 17.3 Å². The normalized spacial score (nSPS) is 17.3. The highest BCUT2D eigenvalue weighted by Gasteiger charge is 2.24. The Labute approximate surface area is 152 Å². The summed E-state index contributed by atoms with van der Waals surface area (Å²) in [5.41, 5.74) is 2.30. The number of amides is 1. The second kappa shape index (κ2) is 7.12. The molecule has 2 aromatic carbocycles. The summed E-state index contributed by atoms with van der Waals surface area (Å²) in [5.74, 6) is 0.967. The van der Waals surface area contributed by atoms with Crippen LogP contribution >= 0.6 is 0 Å². The van der Waals surface area contributed by atoms with Crippen LogP contribution in [0, 0.1) is 0 Å². The molecule has 132 valence electrons. The molecule has 1 aromatic heterocycles. The number of hydrogen-bond acceptors (Lipinski definition) is 4. The van der Waals surface area contributed by atoms with Gasteiger partial charge in [-0.3, -0.25) is 4.79 Å². The van der Waals surface area contributed by atoms with Crippen molar-refractivity contribution < 1.29 is 9.21 Å². The molecule has 1 atom stereocenters. The highest BCUT2D eigenvalue weighted by molar-refractivity contribution is 5.95. The lowest BCUT2D eigenvalue weighted by Crippen LogP contribution is -2.42. The average Bonchev–Trinajstić information content (AvgIpc) is 3.19. The van der Waals surface area contributed by atoms with E-state index >= 15 is 0 Å². The van der Waals surface area contributed by atoms with Gasteiger partial charge in [-0.2, -0.15) is 0 Å². The SMILES string of the molecule is CC1CCCCN1C(=O)c1cccc(-c2nnc(-c3ccccc3)o2)c1. The van der Waals surface area contributed by atoms with Crippen LogP contribution in [0.25, 0.3) is 22.9 Å². The molecule has 1 unspecified atom stereocenters.